The summed E-state index contributed by atoms with van der Waals surface area (Å²) in [6.07, 6.45) is 74.8. The van der Waals surface area contributed by atoms with Crippen molar-refractivity contribution in [3.8, 4) is 0 Å². The Kier molecular flexibility index (Phi) is 60.2. The first-order valence-electron chi connectivity index (χ1n) is 36.9. The number of carbonyl (C=O) groups excluding carboxylic acids is 2. The van der Waals surface area contributed by atoms with Crippen molar-refractivity contribution in [2.45, 2.75) is 378 Å². The van der Waals surface area contributed by atoms with Crippen LogP contribution in [0.25, 0.3) is 0 Å². The van der Waals surface area contributed by atoms with E-state index >= 15 is 0 Å². The van der Waals surface area contributed by atoms with E-state index in [2.05, 4.69) is 99.0 Å². The molecular weight excluding hydrogens is 1100 g/mol. The molecule has 1 aliphatic heterocycles. The molecule has 0 radical (unpaired) electrons. The van der Waals surface area contributed by atoms with Gasteiger partial charge in [-0.3, -0.25) is 9.59 Å². The summed E-state index contributed by atoms with van der Waals surface area (Å²) >= 11 is 0. The molecule has 0 bridgehead atoms. The summed E-state index contributed by atoms with van der Waals surface area (Å²) in [5.41, 5.74) is 0. The molecule has 6 N–H and O–H groups in total. The van der Waals surface area contributed by atoms with Crippen molar-refractivity contribution in [2.24, 2.45) is 0 Å². The van der Waals surface area contributed by atoms with Crippen LogP contribution < -0.4 is 5.32 Å². The van der Waals surface area contributed by atoms with Crippen LogP contribution in [0.4, 0.5) is 0 Å². The zero-order valence-corrected chi connectivity index (χ0v) is 56.8. The van der Waals surface area contributed by atoms with E-state index in [4.69, 9.17) is 14.2 Å². The fourth-order valence-electron chi connectivity index (χ4n) is 11.3. The fourth-order valence-corrected chi connectivity index (χ4v) is 11.3. The van der Waals surface area contributed by atoms with Gasteiger partial charge in [-0.25, -0.2) is 0 Å². The molecule has 88 heavy (non-hydrogen) atoms. The summed E-state index contributed by atoms with van der Waals surface area (Å²) in [6.45, 7) is 5.71. The lowest BCUT2D eigenvalue weighted by Crippen LogP contribution is -2.61. The zero-order chi connectivity index (χ0) is 63.9. The Labute approximate surface area is 540 Å². The molecule has 0 aliphatic carbocycles. The minimum absolute atomic E-state index is 0.122. The van der Waals surface area contributed by atoms with E-state index in [0.29, 0.717) is 12.8 Å². The van der Waals surface area contributed by atoms with Crippen molar-refractivity contribution >= 4 is 11.9 Å². The smallest absolute Gasteiger partial charge is 0.306 e. The predicted octanol–water partition coefficient (Wildman–Crippen LogP) is 19.2. The second-order valence-corrected chi connectivity index (χ2v) is 25.3. The van der Waals surface area contributed by atoms with Gasteiger partial charge in [-0.05, 0) is 96.3 Å². The van der Waals surface area contributed by atoms with E-state index < -0.39 is 67.4 Å². The molecule has 0 aromatic rings. The highest BCUT2D eigenvalue weighted by molar-refractivity contribution is 5.80. The number of allylic oxidation sites excluding steroid dienone is 13. The Balaban J connectivity index is 2.56. The Bertz CT molecular complexity index is 1760. The largest absolute Gasteiger partial charge is 0.454 e. The normalized spacial score (nSPS) is 18.7. The van der Waals surface area contributed by atoms with Crippen molar-refractivity contribution in [3.63, 3.8) is 0 Å². The van der Waals surface area contributed by atoms with Crippen molar-refractivity contribution in [1.29, 1.82) is 0 Å². The lowest BCUT2D eigenvalue weighted by Gasteiger charge is -2.41. The Morgan fingerprint density at radius 3 is 1.24 bits per heavy atom. The van der Waals surface area contributed by atoms with Gasteiger partial charge in [-0.15, -0.1) is 0 Å². The molecule has 11 nitrogen and oxygen atoms in total. The van der Waals surface area contributed by atoms with Crippen molar-refractivity contribution in [2.75, 3.05) is 13.2 Å². The van der Waals surface area contributed by atoms with Crippen molar-refractivity contribution < 1.29 is 49.3 Å². The van der Waals surface area contributed by atoms with Crippen LogP contribution in [0.2, 0.25) is 0 Å². The van der Waals surface area contributed by atoms with E-state index in [0.717, 1.165) is 96.3 Å². The third kappa shape index (κ3) is 50.5. The molecule has 11 heteroatoms. The van der Waals surface area contributed by atoms with Crippen LogP contribution in [-0.4, -0.2) is 99.6 Å². The number of rotatable bonds is 63. The minimum Gasteiger partial charge on any atom is -0.454 e. The second-order valence-electron chi connectivity index (χ2n) is 25.3. The first-order valence-corrected chi connectivity index (χ1v) is 36.9. The molecule has 8 unspecified atom stereocenters. The molecule has 1 heterocycles. The molecular formula is C77H137NO10. The highest BCUT2D eigenvalue weighted by Gasteiger charge is 2.47. The summed E-state index contributed by atoms with van der Waals surface area (Å²) in [5.74, 6) is -1.19. The second kappa shape index (κ2) is 64.0. The van der Waals surface area contributed by atoms with Gasteiger partial charge in [0.25, 0.3) is 0 Å². The number of hydrogen-bond acceptors (Lipinski definition) is 10. The number of hydrogen-bond donors (Lipinski definition) is 6. The van der Waals surface area contributed by atoms with E-state index in [1.54, 1.807) is 6.08 Å². The van der Waals surface area contributed by atoms with Crippen LogP contribution in [0.1, 0.15) is 329 Å². The summed E-state index contributed by atoms with van der Waals surface area (Å²) in [5, 5.41) is 57.3. The van der Waals surface area contributed by atoms with Crippen LogP contribution >= 0.6 is 0 Å². The molecule has 1 rings (SSSR count). The molecule has 1 aliphatic rings. The Morgan fingerprint density at radius 1 is 0.455 bits per heavy atom. The van der Waals surface area contributed by atoms with Gasteiger partial charge in [-0.2, -0.15) is 0 Å². The third-order valence-electron chi connectivity index (χ3n) is 17.0. The van der Waals surface area contributed by atoms with E-state index in [1.807, 2.05) is 6.08 Å². The lowest BCUT2D eigenvalue weighted by atomic mass is 9.99. The number of carbonyl (C=O) groups is 2. The van der Waals surface area contributed by atoms with Crippen LogP contribution in [0, 0.1) is 0 Å². The number of esters is 1. The van der Waals surface area contributed by atoms with Gasteiger partial charge >= 0.3 is 5.97 Å². The molecule has 0 aromatic heterocycles. The van der Waals surface area contributed by atoms with Gasteiger partial charge in [-0.1, -0.05) is 311 Å². The SMILES string of the molecule is CC/C=C\C/C=C\C/C=C\C/C=C\C/C=C\CCCCCCCCCCC(O)C(=O)NC(COC1OC(CO)C(O)C(O)C1OC(=O)CCCCCCCCCCCCCCC/C=C/CCCCCCCC)C(O)/C=C/CCCCCCCCCCCC. The van der Waals surface area contributed by atoms with Gasteiger partial charge in [0.1, 0.15) is 24.4 Å². The number of unbranched alkanes of at least 4 members (excludes halogenated alkanes) is 37. The van der Waals surface area contributed by atoms with Crippen molar-refractivity contribution in [1.82, 2.24) is 5.32 Å². The topological polar surface area (TPSA) is 175 Å². The van der Waals surface area contributed by atoms with Gasteiger partial charge < -0.3 is 45.1 Å². The average Bonchev–Trinajstić information content (AvgIpc) is 3.72. The summed E-state index contributed by atoms with van der Waals surface area (Å²) < 4.78 is 17.7. The highest BCUT2D eigenvalue weighted by Crippen LogP contribution is 2.26. The van der Waals surface area contributed by atoms with E-state index in [1.165, 1.54) is 186 Å². The predicted molar refractivity (Wildman–Crippen MR) is 370 cm³/mol. The first-order chi connectivity index (χ1) is 43.2. The molecule has 1 amide bonds. The highest BCUT2D eigenvalue weighted by atomic mass is 16.7. The van der Waals surface area contributed by atoms with Crippen molar-refractivity contribution in [3.05, 3.63) is 85.1 Å². The quantitative estimate of drug-likeness (QED) is 0.0195. The van der Waals surface area contributed by atoms with Crippen LogP contribution in [0.15, 0.2) is 85.1 Å². The summed E-state index contributed by atoms with van der Waals surface area (Å²) in [6, 6.07) is -1.03. The van der Waals surface area contributed by atoms with Crippen LogP contribution in [-0.2, 0) is 23.8 Å². The van der Waals surface area contributed by atoms with E-state index in [9.17, 15) is 35.1 Å². The number of aliphatic hydroxyl groups excluding tert-OH is 5. The van der Waals surface area contributed by atoms with Gasteiger partial charge in [0.2, 0.25) is 5.91 Å². The molecule has 1 saturated heterocycles. The number of ether oxygens (including phenoxy) is 3. The fraction of sp³-hybridized carbons (Fsp3) is 0.792. The van der Waals surface area contributed by atoms with Gasteiger partial charge in [0.15, 0.2) is 12.4 Å². The third-order valence-corrected chi connectivity index (χ3v) is 17.0. The van der Waals surface area contributed by atoms with E-state index in [-0.39, 0.29) is 19.4 Å². The molecule has 1 fully saturated rings. The molecule has 510 valence electrons. The molecule has 0 aromatic carbocycles. The molecule has 0 spiro atoms. The monoisotopic (exact) mass is 1240 g/mol. The minimum atomic E-state index is -1.62. The molecule has 8 atom stereocenters. The summed E-state index contributed by atoms with van der Waals surface area (Å²) in [7, 11) is 0. The number of aliphatic hydroxyl groups is 5. The zero-order valence-electron chi connectivity index (χ0n) is 56.8. The Hall–Kier alpha value is -3.16. The first kappa shape index (κ1) is 82.9. The molecule has 0 saturated carbocycles. The maximum absolute atomic E-state index is 13.5. The summed E-state index contributed by atoms with van der Waals surface area (Å²) in [4.78, 5) is 26.7. The maximum Gasteiger partial charge on any atom is 0.306 e. The number of amides is 1. The van der Waals surface area contributed by atoms with Gasteiger partial charge in [0, 0.05) is 6.42 Å². The average molecular weight is 1240 g/mol. The maximum atomic E-state index is 13.5. The van der Waals surface area contributed by atoms with Gasteiger partial charge in [0.05, 0.1) is 25.4 Å². The standard InChI is InChI=1S/C77H137NO10/c1-4-7-10-13-16-19-22-25-27-29-31-33-35-37-38-40-42-44-46-49-52-55-58-61-64-70(81)76(85)78-68(69(80)63-60-57-54-51-48-24-21-18-15-12-9-6-3)67-86-77-75(74(84)73(83)71(66-79)87-77)88-72(82)65-62-59-56-53-50-47-45-43-41-39-36-34-32-30-28-26-23-20-17-14-11-8-5-2/h7,10,16,19,25-28,31,33,37-38,60,63,68-71,73-75,77,79-81,83-84H,4-6,8-9,11-15,17-18,20-24,29-30,32,34-36,39-59,61-62,64-67H2,1-3H3,(H,78,85)/b10-7-,19-16-,27-25-,28-26+,33-31-,38-37-,63-60+. The van der Waals surface area contributed by atoms with Crippen LogP contribution in [0.5, 0.6) is 0 Å². The Morgan fingerprint density at radius 2 is 0.818 bits per heavy atom. The van der Waals surface area contributed by atoms with Crippen LogP contribution in [0.3, 0.4) is 0 Å². The number of nitrogens with one attached hydrogen (secondary N) is 1. The lowest BCUT2D eigenvalue weighted by molar-refractivity contribution is -0.305.